The number of hydrogen-bond donors (Lipinski definition) is 2. The highest BCUT2D eigenvalue weighted by atomic mass is 16.5. The molecule has 0 bridgehead atoms. The molecular weight excluding hydrogens is 192 g/mol. The minimum Gasteiger partial charge on any atom is -0.481 e. The van der Waals surface area contributed by atoms with Crippen molar-refractivity contribution in [3.63, 3.8) is 0 Å². The van der Waals surface area contributed by atoms with Crippen LogP contribution < -0.4 is 16.2 Å². The van der Waals surface area contributed by atoms with Crippen molar-refractivity contribution in [2.24, 2.45) is 11.5 Å². The van der Waals surface area contributed by atoms with E-state index in [1.807, 2.05) is 25.1 Å². The van der Waals surface area contributed by atoms with Gasteiger partial charge in [-0.25, -0.2) is 0 Å². The third kappa shape index (κ3) is 3.25. The lowest BCUT2D eigenvalue weighted by atomic mass is 10.1. The van der Waals surface area contributed by atoms with Gasteiger partial charge in [-0.15, -0.1) is 0 Å². The molecule has 2 atom stereocenters. The van der Waals surface area contributed by atoms with Gasteiger partial charge in [0.1, 0.15) is 5.75 Å². The lowest BCUT2D eigenvalue weighted by molar-refractivity contribution is -0.123. The second kappa shape index (κ2) is 4.79. The highest BCUT2D eigenvalue weighted by molar-refractivity contribution is 5.78. The first-order valence-electron chi connectivity index (χ1n) is 4.82. The Hall–Kier alpha value is -1.55. The van der Waals surface area contributed by atoms with E-state index in [1.165, 1.54) is 0 Å². The lowest BCUT2D eigenvalue weighted by Gasteiger charge is -2.13. The molecule has 4 N–H and O–H groups in total. The predicted molar refractivity (Wildman–Crippen MR) is 58.3 cm³/mol. The highest BCUT2D eigenvalue weighted by Gasteiger charge is 2.10. The van der Waals surface area contributed by atoms with Crippen LogP contribution in [0.15, 0.2) is 24.3 Å². The summed E-state index contributed by atoms with van der Waals surface area (Å²) in [4.78, 5) is 10.8. The Morgan fingerprint density at radius 3 is 2.60 bits per heavy atom. The Kier molecular flexibility index (Phi) is 3.68. The molecule has 0 saturated heterocycles. The molecule has 82 valence electrons. The van der Waals surface area contributed by atoms with Gasteiger partial charge in [-0.3, -0.25) is 4.79 Å². The van der Waals surface area contributed by atoms with Gasteiger partial charge in [0, 0.05) is 6.04 Å². The molecule has 1 unspecified atom stereocenters. The van der Waals surface area contributed by atoms with Crippen LogP contribution in [-0.2, 0) is 4.79 Å². The van der Waals surface area contributed by atoms with E-state index in [1.54, 1.807) is 13.0 Å². The maximum absolute atomic E-state index is 10.8. The van der Waals surface area contributed by atoms with Crippen LogP contribution in [0.25, 0.3) is 0 Å². The zero-order chi connectivity index (χ0) is 11.4. The average molecular weight is 208 g/mol. The number of benzene rings is 1. The van der Waals surface area contributed by atoms with Crippen LogP contribution in [0.3, 0.4) is 0 Å². The first kappa shape index (κ1) is 11.5. The fraction of sp³-hybridized carbons (Fsp3) is 0.364. The van der Waals surface area contributed by atoms with E-state index in [-0.39, 0.29) is 6.04 Å². The number of nitrogens with two attached hydrogens (primary N) is 2. The van der Waals surface area contributed by atoms with Crippen molar-refractivity contribution < 1.29 is 9.53 Å². The van der Waals surface area contributed by atoms with E-state index in [2.05, 4.69) is 0 Å². The molecule has 1 amide bonds. The highest BCUT2D eigenvalue weighted by Crippen LogP contribution is 2.18. The van der Waals surface area contributed by atoms with E-state index in [0.29, 0.717) is 5.75 Å². The Morgan fingerprint density at radius 2 is 2.07 bits per heavy atom. The summed E-state index contributed by atoms with van der Waals surface area (Å²) in [5, 5.41) is 0. The van der Waals surface area contributed by atoms with E-state index in [0.717, 1.165) is 5.56 Å². The van der Waals surface area contributed by atoms with Gasteiger partial charge in [0.15, 0.2) is 6.10 Å². The van der Waals surface area contributed by atoms with E-state index in [4.69, 9.17) is 16.2 Å². The fourth-order valence-electron chi connectivity index (χ4n) is 1.13. The second-order valence-electron chi connectivity index (χ2n) is 3.52. The van der Waals surface area contributed by atoms with E-state index in [9.17, 15) is 4.79 Å². The van der Waals surface area contributed by atoms with Crippen molar-refractivity contribution in [1.82, 2.24) is 0 Å². The molecule has 0 aliphatic heterocycles. The first-order chi connectivity index (χ1) is 7.00. The van der Waals surface area contributed by atoms with Gasteiger partial charge in [-0.1, -0.05) is 12.1 Å². The van der Waals surface area contributed by atoms with Crippen LogP contribution >= 0.6 is 0 Å². The molecule has 0 aromatic heterocycles. The quantitative estimate of drug-likeness (QED) is 0.773. The molecule has 15 heavy (non-hydrogen) atoms. The molecule has 0 aliphatic rings. The zero-order valence-corrected chi connectivity index (χ0v) is 8.94. The smallest absolute Gasteiger partial charge is 0.258 e. The Morgan fingerprint density at radius 1 is 1.40 bits per heavy atom. The maximum Gasteiger partial charge on any atom is 0.258 e. The average Bonchev–Trinajstić information content (AvgIpc) is 2.18. The molecule has 0 radical (unpaired) electrons. The van der Waals surface area contributed by atoms with E-state index < -0.39 is 12.0 Å². The zero-order valence-electron chi connectivity index (χ0n) is 8.94. The third-order valence-corrected chi connectivity index (χ3v) is 2.10. The lowest BCUT2D eigenvalue weighted by Crippen LogP contribution is -2.30. The van der Waals surface area contributed by atoms with Gasteiger partial charge >= 0.3 is 0 Å². The third-order valence-electron chi connectivity index (χ3n) is 2.10. The van der Waals surface area contributed by atoms with Gasteiger partial charge < -0.3 is 16.2 Å². The summed E-state index contributed by atoms with van der Waals surface area (Å²) in [6.07, 6.45) is -0.631. The summed E-state index contributed by atoms with van der Waals surface area (Å²) in [5.41, 5.74) is 11.8. The number of amides is 1. The normalized spacial score (nSPS) is 14.3. The minimum absolute atomic E-state index is 0.0579. The van der Waals surface area contributed by atoms with Crippen molar-refractivity contribution >= 4 is 5.91 Å². The van der Waals surface area contributed by atoms with Gasteiger partial charge in [0.25, 0.3) is 5.91 Å². The first-order valence-corrected chi connectivity index (χ1v) is 4.82. The van der Waals surface area contributed by atoms with Crippen LogP contribution in [0, 0.1) is 0 Å². The van der Waals surface area contributed by atoms with Crippen LogP contribution in [0.5, 0.6) is 5.75 Å². The molecule has 0 fully saturated rings. The summed E-state index contributed by atoms with van der Waals surface area (Å²) < 4.78 is 5.34. The standard InChI is InChI=1S/C11H16N2O2/c1-7(12)9-4-3-5-10(6-9)15-8(2)11(13)14/h3-8H,12H2,1-2H3,(H2,13,14)/t7-,8?/m1/s1. The number of carbonyl (C=O) groups is 1. The predicted octanol–water partition coefficient (Wildman–Crippen LogP) is 0.959. The van der Waals surface area contributed by atoms with Crippen LogP contribution in [-0.4, -0.2) is 12.0 Å². The minimum atomic E-state index is -0.631. The van der Waals surface area contributed by atoms with Crippen LogP contribution in [0.2, 0.25) is 0 Å². The number of primary amides is 1. The molecule has 4 nitrogen and oxygen atoms in total. The van der Waals surface area contributed by atoms with Crippen LogP contribution in [0.1, 0.15) is 25.5 Å². The van der Waals surface area contributed by atoms with Crippen LogP contribution in [0.4, 0.5) is 0 Å². The summed E-state index contributed by atoms with van der Waals surface area (Å²) in [7, 11) is 0. The maximum atomic E-state index is 10.8. The second-order valence-corrected chi connectivity index (χ2v) is 3.52. The number of rotatable bonds is 4. The summed E-state index contributed by atoms with van der Waals surface area (Å²) in [5.74, 6) is 0.123. The number of hydrogen-bond acceptors (Lipinski definition) is 3. The molecule has 0 heterocycles. The van der Waals surface area contributed by atoms with Gasteiger partial charge in [-0.05, 0) is 31.5 Å². The topological polar surface area (TPSA) is 78.3 Å². The monoisotopic (exact) mass is 208 g/mol. The summed E-state index contributed by atoms with van der Waals surface area (Å²) in [6, 6.07) is 7.27. The Balaban J connectivity index is 2.78. The largest absolute Gasteiger partial charge is 0.481 e. The molecule has 0 aliphatic carbocycles. The summed E-state index contributed by atoms with van der Waals surface area (Å²) in [6.45, 7) is 3.50. The summed E-state index contributed by atoms with van der Waals surface area (Å²) >= 11 is 0. The van der Waals surface area contributed by atoms with Crippen molar-refractivity contribution in [3.8, 4) is 5.75 Å². The van der Waals surface area contributed by atoms with Gasteiger partial charge in [0.05, 0.1) is 0 Å². The molecule has 0 saturated carbocycles. The Labute approximate surface area is 89.2 Å². The number of ether oxygens (including phenoxy) is 1. The molecule has 1 aromatic rings. The van der Waals surface area contributed by atoms with Gasteiger partial charge in [0.2, 0.25) is 0 Å². The van der Waals surface area contributed by atoms with Crippen molar-refractivity contribution in [2.45, 2.75) is 26.0 Å². The van der Waals surface area contributed by atoms with E-state index >= 15 is 0 Å². The molecule has 0 spiro atoms. The fourth-order valence-corrected chi connectivity index (χ4v) is 1.13. The molecule has 1 rings (SSSR count). The molecule has 4 heteroatoms. The van der Waals surface area contributed by atoms with Crippen molar-refractivity contribution in [2.75, 3.05) is 0 Å². The van der Waals surface area contributed by atoms with Crippen molar-refractivity contribution in [3.05, 3.63) is 29.8 Å². The molecule has 1 aromatic carbocycles. The SMILES string of the molecule is CC(Oc1cccc([C@@H](C)N)c1)C(N)=O. The Bertz CT molecular complexity index is 350. The van der Waals surface area contributed by atoms with Crippen molar-refractivity contribution in [1.29, 1.82) is 0 Å². The number of carbonyl (C=O) groups excluding carboxylic acids is 1. The van der Waals surface area contributed by atoms with Gasteiger partial charge in [-0.2, -0.15) is 0 Å². The molecular formula is C11H16N2O2.